The van der Waals surface area contributed by atoms with Gasteiger partial charge in [0.1, 0.15) is 0 Å². The van der Waals surface area contributed by atoms with Gasteiger partial charge in [0, 0.05) is 19.5 Å². The van der Waals surface area contributed by atoms with E-state index in [0.29, 0.717) is 5.90 Å². The second kappa shape index (κ2) is 10.1. The Morgan fingerprint density at radius 2 is 2.12 bits per heavy atom. The van der Waals surface area contributed by atoms with Crippen molar-refractivity contribution >= 4 is 11.9 Å². The van der Waals surface area contributed by atoms with E-state index in [1.165, 1.54) is 38.5 Å². The molecule has 1 heterocycles. The molecule has 2 atom stereocenters. The molecule has 0 saturated heterocycles. The molecule has 0 bridgehead atoms. The van der Waals surface area contributed by atoms with Gasteiger partial charge in [0.25, 0.3) is 0 Å². The van der Waals surface area contributed by atoms with Crippen LogP contribution in [-0.2, 0) is 9.63 Å². The van der Waals surface area contributed by atoms with E-state index in [0.717, 1.165) is 31.8 Å². The smallest absolute Gasteiger partial charge is 0.304 e. The minimum Gasteiger partial charge on any atom is -0.481 e. The Kier molecular flexibility index (Phi) is 8.16. The number of nitrogens with zero attached hydrogens (tertiary/aromatic N) is 3. The predicted molar refractivity (Wildman–Crippen MR) is 99.4 cm³/mol. The molecule has 1 saturated carbocycles. The lowest BCUT2D eigenvalue weighted by molar-refractivity contribution is -0.138. The van der Waals surface area contributed by atoms with E-state index in [1.54, 1.807) is 5.06 Å². The first-order valence-electron chi connectivity index (χ1n) is 9.88. The van der Waals surface area contributed by atoms with Crippen LogP contribution in [0.2, 0.25) is 0 Å². The third-order valence-electron chi connectivity index (χ3n) is 5.61. The second-order valence-corrected chi connectivity index (χ2v) is 7.67. The predicted octanol–water partition coefficient (Wildman–Crippen LogP) is 3.38. The number of carboxylic acid groups (broad SMARTS) is 1. The van der Waals surface area contributed by atoms with Crippen LogP contribution in [0, 0.1) is 11.8 Å². The summed E-state index contributed by atoms with van der Waals surface area (Å²) in [5.41, 5.74) is 0. The SMILES string of the molecule is CCN(C)CC1N=C([C@H](CCCC2CCCCC2)CC(=O)O)ON1C. The van der Waals surface area contributed by atoms with Crippen LogP contribution in [-0.4, -0.2) is 60.3 Å². The monoisotopic (exact) mass is 353 g/mol. The van der Waals surface area contributed by atoms with Crippen molar-refractivity contribution in [3.63, 3.8) is 0 Å². The van der Waals surface area contributed by atoms with E-state index in [9.17, 15) is 9.90 Å². The largest absolute Gasteiger partial charge is 0.481 e. The second-order valence-electron chi connectivity index (χ2n) is 7.67. The zero-order valence-electron chi connectivity index (χ0n) is 16.1. The molecule has 0 radical (unpaired) electrons. The van der Waals surface area contributed by atoms with Crippen molar-refractivity contribution in [3.05, 3.63) is 0 Å². The number of hydrogen-bond donors (Lipinski definition) is 1. The van der Waals surface area contributed by atoms with Gasteiger partial charge in [0.05, 0.1) is 6.42 Å². The minimum absolute atomic E-state index is 0.0467. The third-order valence-corrected chi connectivity index (χ3v) is 5.61. The number of aliphatic imine (C=N–C) groups is 1. The summed E-state index contributed by atoms with van der Waals surface area (Å²) in [5.74, 6) is 0.563. The van der Waals surface area contributed by atoms with E-state index in [2.05, 4.69) is 18.9 Å². The highest BCUT2D eigenvalue weighted by Crippen LogP contribution is 2.30. The quantitative estimate of drug-likeness (QED) is 0.652. The molecule has 1 fully saturated rings. The molecule has 0 amide bonds. The van der Waals surface area contributed by atoms with Crippen molar-refractivity contribution in [2.75, 3.05) is 27.2 Å². The maximum Gasteiger partial charge on any atom is 0.304 e. The fraction of sp³-hybridized carbons (Fsp3) is 0.895. The molecule has 0 aromatic carbocycles. The molecule has 1 unspecified atom stereocenters. The van der Waals surface area contributed by atoms with Crippen LogP contribution in [0.4, 0.5) is 0 Å². The van der Waals surface area contributed by atoms with Gasteiger partial charge in [-0.25, -0.2) is 4.99 Å². The molecular weight excluding hydrogens is 318 g/mol. The number of likely N-dealkylation sites (N-methyl/N-ethyl adjacent to an activating group) is 2. The van der Waals surface area contributed by atoms with Gasteiger partial charge in [-0.3, -0.25) is 4.79 Å². The van der Waals surface area contributed by atoms with Crippen molar-refractivity contribution in [2.24, 2.45) is 16.8 Å². The average molecular weight is 354 g/mol. The molecule has 25 heavy (non-hydrogen) atoms. The van der Waals surface area contributed by atoms with Gasteiger partial charge in [-0.15, -0.1) is 5.06 Å². The van der Waals surface area contributed by atoms with Gasteiger partial charge in [0.2, 0.25) is 5.90 Å². The van der Waals surface area contributed by atoms with E-state index >= 15 is 0 Å². The lowest BCUT2D eigenvalue weighted by Crippen LogP contribution is -2.36. The molecule has 144 valence electrons. The normalized spacial score (nSPS) is 23.5. The highest BCUT2D eigenvalue weighted by atomic mass is 16.7. The molecule has 1 aliphatic carbocycles. The van der Waals surface area contributed by atoms with E-state index < -0.39 is 5.97 Å². The van der Waals surface area contributed by atoms with Crippen molar-refractivity contribution < 1.29 is 14.7 Å². The minimum atomic E-state index is -0.772. The molecule has 1 N–H and O–H groups in total. The summed E-state index contributed by atoms with van der Waals surface area (Å²) in [7, 11) is 3.94. The van der Waals surface area contributed by atoms with Crippen LogP contribution < -0.4 is 0 Å². The Morgan fingerprint density at radius 1 is 1.40 bits per heavy atom. The zero-order valence-corrected chi connectivity index (χ0v) is 16.1. The van der Waals surface area contributed by atoms with Crippen LogP contribution >= 0.6 is 0 Å². The maximum atomic E-state index is 11.3. The first-order chi connectivity index (χ1) is 12.0. The first-order valence-corrected chi connectivity index (χ1v) is 9.88. The van der Waals surface area contributed by atoms with E-state index in [1.807, 2.05) is 7.05 Å². The maximum absolute atomic E-state index is 11.3. The summed E-state index contributed by atoms with van der Waals surface area (Å²) in [6, 6.07) is 0. The number of carboxylic acids is 1. The summed E-state index contributed by atoms with van der Waals surface area (Å²) in [4.78, 5) is 24.0. The fourth-order valence-electron chi connectivity index (χ4n) is 3.86. The highest BCUT2D eigenvalue weighted by molar-refractivity contribution is 5.83. The van der Waals surface area contributed by atoms with E-state index in [4.69, 9.17) is 9.83 Å². The first kappa shape index (κ1) is 20.2. The molecule has 6 heteroatoms. The van der Waals surface area contributed by atoms with E-state index in [-0.39, 0.29) is 18.5 Å². The van der Waals surface area contributed by atoms with Crippen LogP contribution in [0.25, 0.3) is 0 Å². The summed E-state index contributed by atoms with van der Waals surface area (Å²) >= 11 is 0. The molecule has 1 aliphatic heterocycles. The van der Waals surface area contributed by atoms with Crippen molar-refractivity contribution in [1.82, 2.24) is 9.96 Å². The number of aliphatic carboxylic acids is 1. The Labute approximate surface area is 152 Å². The van der Waals surface area contributed by atoms with Crippen LogP contribution in [0.5, 0.6) is 0 Å². The fourth-order valence-corrected chi connectivity index (χ4v) is 3.86. The van der Waals surface area contributed by atoms with Gasteiger partial charge in [-0.1, -0.05) is 51.9 Å². The Balaban J connectivity index is 1.89. The summed E-state index contributed by atoms with van der Waals surface area (Å²) in [6.07, 6.45) is 9.96. The number of hydrogen-bond acceptors (Lipinski definition) is 5. The van der Waals surface area contributed by atoms with Crippen molar-refractivity contribution in [1.29, 1.82) is 0 Å². The Hall–Kier alpha value is -1.14. The Bertz CT molecular complexity index is 449. The van der Waals surface area contributed by atoms with Crippen LogP contribution in [0.1, 0.15) is 64.7 Å². The molecule has 2 aliphatic rings. The van der Waals surface area contributed by atoms with Crippen molar-refractivity contribution in [3.8, 4) is 0 Å². The van der Waals surface area contributed by atoms with Gasteiger partial charge < -0.3 is 14.8 Å². The van der Waals surface area contributed by atoms with Crippen molar-refractivity contribution in [2.45, 2.75) is 70.9 Å². The third kappa shape index (κ3) is 6.59. The summed E-state index contributed by atoms with van der Waals surface area (Å²) < 4.78 is 0. The summed E-state index contributed by atoms with van der Waals surface area (Å²) in [5, 5.41) is 11.0. The Morgan fingerprint density at radius 3 is 2.76 bits per heavy atom. The molecule has 0 spiro atoms. The van der Waals surface area contributed by atoms with Gasteiger partial charge in [-0.05, 0) is 25.9 Å². The lowest BCUT2D eigenvalue weighted by atomic mass is 9.84. The number of rotatable bonds is 10. The van der Waals surface area contributed by atoms with Gasteiger partial charge in [0.15, 0.2) is 6.17 Å². The molecule has 6 nitrogen and oxygen atoms in total. The van der Waals surface area contributed by atoms with Crippen LogP contribution in [0.15, 0.2) is 4.99 Å². The lowest BCUT2D eigenvalue weighted by Gasteiger charge is -2.23. The van der Waals surface area contributed by atoms with Crippen LogP contribution in [0.3, 0.4) is 0 Å². The molecular formula is C19H35N3O3. The van der Waals surface area contributed by atoms with Gasteiger partial charge in [-0.2, -0.15) is 0 Å². The molecule has 2 rings (SSSR count). The molecule has 0 aromatic heterocycles. The number of hydroxylamine groups is 2. The summed E-state index contributed by atoms with van der Waals surface area (Å²) in [6.45, 7) is 3.85. The highest BCUT2D eigenvalue weighted by Gasteiger charge is 2.32. The van der Waals surface area contributed by atoms with Gasteiger partial charge >= 0.3 is 5.97 Å². The topological polar surface area (TPSA) is 65.4 Å². The standard InChI is InChI=1S/C19H35N3O3/c1-4-21(2)14-17-20-19(25-22(17)3)16(13-18(23)24)12-8-11-15-9-6-5-7-10-15/h15-17H,4-14H2,1-3H3,(H,23,24)/t16-,17?/m1/s1. The zero-order chi connectivity index (χ0) is 18.2. The number of carbonyl (C=O) groups is 1. The average Bonchev–Trinajstić information content (AvgIpc) is 2.95. The molecule has 0 aromatic rings.